The van der Waals surface area contributed by atoms with Crippen molar-refractivity contribution in [2.75, 3.05) is 52.5 Å². The second-order valence-electron chi connectivity index (χ2n) is 19.9. The van der Waals surface area contributed by atoms with Crippen molar-refractivity contribution in [1.82, 2.24) is 68.6 Å². The first-order valence-corrected chi connectivity index (χ1v) is 26.4. The topological polar surface area (TPSA) is 571 Å². The Hall–Kier alpha value is -9.14. The SMILES string of the molecule is CC(NC(=O)CNC(=O)C(C)NC(=O)C(CC(N)=O)N(O)C(=O)C(CO)NC(=O)CNC(=O)C1CCN=C(C(CO)NC(=O)C2CCNC3C(NC(=O)CC(O)C(N)=O)=Cc4cc(O)c(O)cc4[NH+]23)N1)C(=O)NCC(=O)NC1CCCN(O)C1=O. The second kappa shape index (κ2) is 30.4. The molecular weight excluding hydrogens is 1130 g/mol. The van der Waals surface area contributed by atoms with E-state index in [0.717, 1.165) is 6.92 Å². The summed E-state index contributed by atoms with van der Waals surface area (Å²) in [7, 11) is 0. The number of aliphatic hydroxyl groups excluding tert-OH is 3. The van der Waals surface area contributed by atoms with Gasteiger partial charge in [-0.15, -0.1) is 0 Å². The number of amidine groups is 1. The van der Waals surface area contributed by atoms with Gasteiger partial charge in [0.15, 0.2) is 23.7 Å². The van der Waals surface area contributed by atoms with Crippen LogP contribution in [0.3, 0.4) is 0 Å². The van der Waals surface area contributed by atoms with Crippen LogP contribution in [-0.2, 0) is 62.3 Å². The number of primary amides is 2. The lowest BCUT2D eigenvalue weighted by Crippen LogP contribution is -3.20. The van der Waals surface area contributed by atoms with E-state index in [2.05, 4.69) is 63.5 Å². The van der Waals surface area contributed by atoms with Gasteiger partial charge in [0.2, 0.25) is 59.1 Å². The van der Waals surface area contributed by atoms with Crippen LogP contribution < -0.4 is 74.9 Å². The average molecular weight is 1210 g/mol. The van der Waals surface area contributed by atoms with Gasteiger partial charge in [0.1, 0.15) is 59.9 Å². The molecule has 2 fully saturated rings. The number of hydroxylamine groups is 4. The molecule has 11 unspecified atom stereocenters. The summed E-state index contributed by atoms with van der Waals surface area (Å²) in [6.07, 6.45) is -2.13. The molecule has 0 aliphatic carbocycles. The number of hydrogen-bond donors (Lipinski definition) is 21. The first-order valence-electron chi connectivity index (χ1n) is 26.4. The molecule has 2 saturated heterocycles. The number of phenolic OH excluding ortho intramolecular Hbond substituents is 2. The molecule has 85 heavy (non-hydrogen) atoms. The van der Waals surface area contributed by atoms with Crippen LogP contribution in [0.15, 0.2) is 22.8 Å². The Morgan fingerprint density at radius 1 is 0.788 bits per heavy atom. The molecular formula is C48H70N17O20+. The number of nitrogens with two attached hydrogens (primary N) is 2. The lowest BCUT2D eigenvalue weighted by Gasteiger charge is -2.42. The van der Waals surface area contributed by atoms with Crippen LogP contribution in [0.25, 0.3) is 6.08 Å². The van der Waals surface area contributed by atoms with Gasteiger partial charge in [0, 0.05) is 37.7 Å². The van der Waals surface area contributed by atoms with E-state index in [1.165, 1.54) is 25.1 Å². The summed E-state index contributed by atoms with van der Waals surface area (Å²) >= 11 is 0. The number of piperidine rings is 1. The van der Waals surface area contributed by atoms with Gasteiger partial charge in [-0.05, 0) is 45.3 Å². The molecule has 4 aliphatic rings. The Labute approximate surface area is 482 Å². The van der Waals surface area contributed by atoms with Gasteiger partial charge < -0.3 is 90.2 Å². The molecule has 23 N–H and O–H groups in total. The van der Waals surface area contributed by atoms with E-state index in [-0.39, 0.29) is 61.1 Å². The predicted molar refractivity (Wildman–Crippen MR) is 284 cm³/mol. The standard InChI is InChI=1S/C48H69N17O20/c1-20(42(77)54-16-37(74)58-24-4-3-9-63(84)47(24)82)56-36(73)15-53-43(78)21(2)57-46(81)30(13-34(49)71)65(85)48(83)27(19-67)60-38(75)17-55-44(79)23-5-7-51-40(61-23)26(18-66)62-45(80)28-6-8-52-41-25(59-35(72)14-33(70)39(50)76)10-22-11-31(68)32(69)12-29(22)64(28)41/h10-12,20-21,23-24,26-28,30,33,41,52,66-70,84-85H,3-9,13-19H2,1-2H3,(H2,49,71)(H2,50,76)(H,51,61)(H,53,78)(H,54,77)(H,55,79)(H,56,73)(H,57,81)(H,58,74)(H,59,72)(H,60,75)(H,62,80)/p+1. The Bertz CT molecular complexity index is 2840. The third-order valence-electron chi connectivity index (χ3n) is 13.6. The van der Waals surface area contributed by atoms with Gasteiger partial charge in [-0.1, -0.05) is 0 Å². The fourth-order valence-corrected chi connectivity index (χ4v) is 9.16. The highest BCUT2D eigenvalue weighted by Gasteiger charge is 2.47. The van der Waals surface area contributed by atoms with Crippen molar-refractivity contribution >= 4 is 94.4 Å². The quantitative estimate of drug-likeness (QED) is 0.0168. The summed E-state index contributed by atoms with van der Waals surface area (Å²) < 4.78 is 0. The summed E-state index contributed by atoms with van der Waals surface area (Å²) in [5.74, 6) is -14.0. The highest BCUT2D eigenvalue weighted by atomic mass is 16.5. The van der Waals surface area contributed by atoms with Crippen LogP contribution in [0.4, 0.5) is 5.69 Å². The lowest BCUT2D eigenvalue weighted by atomic mass is 9.96. The Balaban J connectivity index is 1.09. The molecule has 1 aromatic rings. The van der Waals surface area contributed by atoms with Crippen LogP contribution in [0.2, 0.25) is 0 Å². The van der Waals surface area contributed by atoms with Crippen LogP contribution in [0, 0.1) is 0 Å². The fourth-order valence-electron chi connectivity index (χ4n) is 9.16. The molecule has 466 valence electrons. The third kappa shape index (κ3) is 18.2. The van der Waals surface area contributed by atoms with E-state index in [0.29, 0.717) is 22.1 Å². The highest BCUT2D eigenvalue weighted by molar-refractivity contribution is 5.99. The Kier molecular flexibility index (Phi) is 23.9. The highest BCUT2D eigenvalue weighted by Crippen LogP contribution is 2.33. The van der Waals surface area contributed by atoms with Gasteiger partial charge >= 0.3 is 0 Å². The van der Waals surface area contributed by atoms with Gasteiger partial charge in [0.25, 0.3) is 17.7 Å². The maximum absolute atomic E-state index is 14.2. The maximum Gasteiger partial charge on any atom is 0.279 e. The number of benzene rings is 1. The third-order valence-corrected chi connectivity index (χ3v) is 13.6. The van der Waals surface area contributed by atoms with Gasteiger partial charge in [0.05, 0.1) is 51.4 Å². The molecule has 11 atom stereocenters. The normalized spacial score (nSPS) is 21.0. The molecule has 5 rings (SSSR count). The minimum Gasteiger partial charge on any atom is -0.504 e. The number of phenols is 2. The lowest BCUT2D eigenvalue weighted by molar-refractivity contribution is -0.881. The van der Waals surface area contributed by atoms with E-state index in [9.17, 15) is 98.3 Å². The zero-order valence-corrected chi connectivity index (χ0v) is 45.8. The van der Waals surface area contributed by atoms with Gasteiger partial charge in [-0.3, -0.25) is 88.0 Å². The molecule has 37 heteroatoms. The first kappa shape index (κ1) is 66.7. The number of aliphatic imine (C=N–C) groups is 1. The smallest absolute Gasteiger partial charge is 0.279 e. The van der Waals surface area contributed by atoms with Crippen molar-refractivity contribution in [2.24, 2.45) is 16.5 Å². The van der Waals surface area contributed by atoms with Crippen molar-refractivity contribution in [1.29, 1.82) is 0 Å². The number of aliphatic hydroxyl groups is 3. The summed E-state index contributed by atoms with van der Waals surface area (Å²) in [5.41, 5.74) is 11.1. The van der Waals surface area contributed by atoms with Gasteiger partial charge in [-0.25, -0.2) is 10.1 Å². The van der Waals surface area contributed by atoms with Crippen molar-refractivity contribution < 1.29 is 103 Å². The van der Waals surface area contributed by atoms with Crippen molar-refractivity contribution in [3.8, 4) is 11.5 Å². The zero-order valence-electron chi connectivity index (χ0n) is 45.8. The minimum absolute atomic E-state index is 0.0270. The van der Waals surface area contributed by atoms with Crippen LogP contribution in [0.1, 0.15) is 57.9 Å². The molecule has 1 aromatic carbocycles. The van der Waals surface area contributed by atoms with Crippen molar-refractivity contribution in [3.63, 3.8) is 0 Å². The summed E-state index contributed by atoms with van der Waals surface area (Å²) in [4.78, 5) is 170. The van der Waals surface area contributed by atoms with E-state index >= 15 is 0 Å². The second-order valence-corrected chi connectivity index (χ2v) is 19.9. The van der Waals surface area contributed by atoms with Crippen LogP contribution >= 0.6 is 0 Å². The van der Waals surface area contributed by atoms with Crippen molar-refractivity contribution in [2.45, 2.75) is 113 Å². The molecule has 0 bridgehead atoms. The number of quaternary nitrogens is 1. The fraction of sp³-hybridized carbons (Fsp3) is 0.542. The zero-order chi connectivity index (χ0) is 63.0. The number of nitrogens with zero attached hydrogens (tertiary/aromatic N) is 3. The Morgan fingerprint density at radius 3 is 2.07 bits per heavy atom. The summed E-state index contributed by atoms with van der Waals surface area (Å²) in [5, 5.41) is 98.6. The number of aromatic hydroxyl groups is 2. The monoisotopic (exact) mass is 1200 g/mol. The Morgan fingerprint density at radius 2 is 1.42 bits per heavy atom. The number of carbonyl (C=O) groups is 13. The average Bonchev–Trinajstić information content (AvgIpc) is 2.50. The number of hydrogen-bond acceptors (Lipinski definition) is 23. The van der Waals surface area contributed by atoms with Crippen LogP contribution in [0.5, 0.6) is 11.5 Å². The van der Waals surface area contributed by atoms with Gasteiger partial charge in [-0.2, -0.15) is 0 Å². The number of fused-ring (bicyclic) bond motifs is 3. The molecule has 0 radical (unpaired) electrons. The van der Waals surface area contributed by atoms with Crippen LogP contribution in [-0.4, -0.2) is 242 Å². The summed E-state index contributed by atoms with van der Waals surface area (Å²) in [6, 6.07) is -8.95. The van der Waals surface area contributed by atoms with E-state index in [1.54, 1.807) is 0 Å². The maximum atomic E-state index is 14.2. The summed E-state index contributed by atoms with van der Waals surface area (Å²) in [6.45, 7) is -1.54. The number of nitrogens with one attached hydrogen (secondary N) is 12. The van der Waals surface area contributed by atoms with E-state index in [4.69, 9.17) is 11.5 Å². The number of amides is 13. The van der Waals surface area contributed by atoms with Crippen molar-refractivity contribution in [3.05, 3.63) is 23.4 Å². The number of carbonyl (C=O) groups excluding carboxylic acids is 13. The predicted octanol–water partition coefficient (Wildman–Crippen LogP) is -12.0. The first-order chi connectivity index (χ1) is 40.1. The molecule has 13 amide bonds. The molecule has 0 saturated carbocycles. The largest absolute Gasteiger partial charge is 0.504 e. The molecule has 0 spiro atoms. The molecule has 37 nitrogen and oxygen atoms in total. The van der Waals surface area contributed by atoms with E-state index in [1.807, 2.05) is 0 Å². The number of rotatable bonds is 27. The molecule has 4 aliphatic heterocycles. The van der Waals surface area contributed by atoms with E-state index < -0.39 is 195 Å². The minimum atomic E-state index is -2.17. The molecule has 4 heterocycles. The molecule has 0 aromatic heterocycles.